The number of aromatic nitrogens is 1. The fraction of sp³-hybridized carbons (Fsp3) is 0.227. The van der Waals surface area contributed by atoms with Gasteiger partial charge >= 0.3 is 0 Å². The number of nitrogens with one attached hydrogen (secondary N) is 2. The first-order valence-corrected chi connectivity index (χ1v) is 10.3. The molecule has 30 heavy (non-hydrogen) atoms. The van der Waals surface area contributed by atoms with E-state index in [2.05, 4.69) is 15.6 Å². The normalized spacial score (nSPS) is 10.4. The van der Waals surface area contributed by atoms with Crippen molar-refractivity contribution in [3.8, 4) is 11.5 Å². The van der Waals surface area contributed by atoms with E-state index in [1.165, 1.54) is 14.2 Å². The van der Waals surface area contributed by atoms with Crippen molar-refractivity contribution in [1.82, 2.24) is 4.98 Å². The molecule has 1 aromatic carbocycles. The molecule has 3 aromatic rings. The standard InChI is InChI=1S/C22H23N3O4S/c1-14-5-4-6-19(23-14)25-22(27)16-11-17(21(29-3)18(12-16)28-2)24-20(26)8-7-15-9-10-30-13-15/h4-6,9-13H,7-8H2,1-3H3,(H,24,26)(H,23,25,27). The summed E-state index contributed by atoms with van der Waals surface area (Å²) in [7, 11) is 2.96. The van der Waals surface area contributed by atoms with Crippen LogP contribution in [-0.4, -0.2) is 31.0 Å². The van der Waals surface area contributed by atoms with Crippen LogP contribution in [0.1, 0.15) is 28.0 Å². The molecule has 7 nitrogen and oxygen atoms in total. The number of thiophene rings is 1. The zero-order valence-corrected chi connectivity index (χ0v) is 17.8. The maximum absolute atomic E-state index is 12.8. The molecule has 0 bridgehead atoms. The Hall–Kier alpha value is -3.39. The molecule has 0 saturated carbocycles. The Morgan fingerprint density at radius 1 is 1.10 bits per heavy atom. The average Bonchev–Trinajstić information content (AvgIpc) is 3.25. The van der Waals surface area contributed by atoms with E-state index >= 15 is 0 Å². The number of ether oxygens (including phenoxy) is 2. The van der Waals surface area contributed by atoms with Crippen LogP contribution >= 0.6 is 11.3 Å². The van der Waals surface area contributed by atoms with Gasteiger partial charge < -0.3 is 20.1 Å². The second kappa shape index (κ2) is 9.89. The van der Waals surface area contributed by atoms with E-state index < -0.39 is 0 Å². The minimum atomic E-state index is -0.372. The first-order chi connectivity index (χ1) is 14.5. The number of hydrogen-bond donors (Lipinski definition) is 2. The van der Waals surface area contributed by atoms with Crippen LogP contribution in [0.4, 0.5) is 11.5 Å². The molecule has 0 fully saturated rings. The predicted octanol–water partition coefficient (Wildman–Crippen LogP) is 4.29. The maximum Gasteiger partial charge on any atom is 0.257 e. The number of aryl methyl sites for hydroxylation is 2. The molecule has 8 heteroatoms. The summed E-state index contributed by atoms with van der Waals surface area (Å²) in [5.74, 6) is 0.584. The first-order valence-electron chi connectivity index (χ1n) is 9.32. The first kappa shape index (κ1) is 21.3. The van der Waals surface area contributed by atoms with Crippen LogP contribution in [0.5, 0.6) is 11.5 Å². The van der Waals surface area contributed by atoms with Gasteiger partial charge in [0.1, 0.15) is 5.82 Å². The Labute approximate surface area is 179 Å². The molecule has 0 radical (unpaired) electrons. The van der Waals surface area contributed by atoms with Crippen molar-refractivity contribution >= 4 is 34.7 Å². The van der Waals surface area contributed by atoms with Crippen LogP contribution in [-0.2, 0) is 11.2 Å². The van der Waals surface area contributed by atoms with Gasteiger partial charge in [0.2, 0.25) is 5.91 Å². The molecule has 2 heterocycles. The Balaban J connectivity index is 1.80. The zero-order chi connectivity index (χ0) is 21.5. The third kappa shape index (κ3) is 5.36. The lowest BCUT2D eigenvalue weighted by Gasteiger charge is -2.16. The highest BCUT2D eigenvalue weighted by Gasteiger charge is 2.18. The lowest BCUT2D eigenvalue weighted by Crippen LogP contribution is -2.16. The molecule has 3 rings (SSSR count). The Kier molecular flexibility index (Phi) is 7.03. The number of hydrogen-bond acceptors (Lipinski definition) is 6. The van der Waals surface area contributed by atoms with E-state index in [9.17, 15) is 9.59 Å². The van der Waals surface area contributed by atoms with Crippen LogP contribution in [0.2, 0.25) is 0 Å². The van der Waals surface area contributed by atoms with Crippen LogP contribution in [0, 0.1) is 6.92 Å². The van der Waals surface area contributed by atoms with Crippen LogP contribution < -0.4 is 20.1 Å². The van der Waals surface area contributed by atoms with Crippen LogP contribution in [0.15, 0.2) is 47.2 Å². The largest absolute Gasteiger partial charge is 0.493 e. The smallest absolute Gasteiger partial charge is 0.257 e. The second-order valence-electron chi connectivity index (χ2n) is 6.56. The molecule has 156 valence electrons. The maximum atomic E-state index is 12.8. The van der Waals surface area contributed by atoms with Crippen molar-refractivity contribution in [2.75, 3.05) is 24.9 Å². The van der Waals surface area contributed by atoms with Crippen molar-refractivity contribution in [3.63, 3.8) is 0 Å². The van der Waals surface area contributed by atoms with Gasteiger partial charge in [-0.25, -0.2) is 4.98 Å². The fourth-order valence-electron chi connectivity index (χ4n) is 2.89. The van der Waals surface area contributed by atoms with Crippen molar-refractivity contribution in [2.45, 2.75) is 19.8 Å². The van der Waals surface area contributed by atoms with Crippen LogP contribution in [0.25, 0.3) is 0 Å². The van der Waals surface area contributed by atoms with E-state index in [0.717, 1.165) is 11.3 Å². The molecule has 2 amide bonds. The Morgan fingerprint density at radius 2 is 1.93 bits per heavy atom. The number of benzene rings is 1. The monoisotopic (exact) mass is 425 g/mol. The average molecular weight is 426 g/mol. The third-order valence-electron chi connectivity index (χ3n) is 4.37. The van der Waals surface area contributed by atoms with Gasteiger partial charge in [-0.2, -0.15) is 11.3 Å². The highest BCUT2D eigenvalue weighted by molar-refractivity contribution is 7.07. The molecule has 0 aliphatic rings. The second-order valence-corrected chi connectivity index (χ2v) is 7.34. The molecule has 0 spiro atoms. The molecular weight excluding hydrogens is 402 g/mol. The number of rotatable bonds is 8. The summed E-state index contributed by atoms with van der Waals surface area (Å²) in [5, 5.41) is 9.58. The highest BCUT2D eigenvalue weighted by atomic mass is 32.1. The van der Waals surface area contributed by atoms with Crippen molar-refractivity contribution in [2.24, 2.45) is 0 Å². The third-order valence-corrected chi connectivity index (χ3v) is 5.10. The molecule has 0 atom stereocenters. The number of carbonyl (C=O) groups excluding carboxylic acids is 2. The number of amides is 2. The minimum absolute atomic E-state index is 0.181. The number of carbonyl (C=O) groups is 2. The van der Waals surface area contributed by atoms with Gasteiger partial charge in [-0.15, -0.1) is 0 Å². The summed E-state index contributed by atoms with van der Waals surface area (Å²) < 4.78 is 10.8. The van der Waals surface area contributed by atoms with Gasteiger partial charge in [0.15, 0.2) is 11.5 Å². The van der Waals surface area contributed by atoms with Gasteiger partial charge in [-0.3, -0.25) is 9.59 Å². The number of methoxy groups -OCH3 is 2. The SMILES string of the molecule is COc1cc(C(=O)Nc2cccc(C)n2)cc(NC(=O)CCc2ccsc2)c1OC. The molecule has 2 N–H and O–H groups in total. The molecule has 0 saturated heterocycles. The predicted molar refractivity (Wildman–Crippen MR) is 118 cm³/mol. The van der Waals surface area contributed by atoms with E-state index in [4.69, 9.17) is 9.47 Å². The quantitative estimate of drug-likeness (QED) is 0.562. The zero-order valence-electron chi connectivity index (χ0n) is 17.0. The van der Waals surface area contributed by atoms with Gasteiger partial charge in [0.05, 0.1) is 19.9 Å². The molecule has 0 unspecified atom stereocenters. The molecular formula is C22H23N3O4S. The van der Waals surface area contributed by atoms with Gasteiger partial charge in [0.25, 0.3) is 5.91 Å². The van der Waals surface area contributed by atoms with Gasteiger partial charge in [0, 0.05) is 17.7 Å². The molecule has 0 aliphatic heterocycles. The number of nitrogens with zero attached hydrogens (tertiary/aromatic N) is 1. The summed E-state index contributed by atoms with van der Waals surface area (Å²) in [4.78, 5) is 29.5. The van der Waals surface area contributed by atoms with E-state index in [1.807, 2.05) is 35.9 Å². The number of anilines is 2. The summed E-state index contributed by atoms with van der Waals surface area (Å²) >= 11 is 1.60. The van der Waals surface area contributed by atoms with Gasteiger partial charge in [-0.1, -0.05) is 6.07 Å². The van der Waals surface area contributed by atoms with Crippen molar-refractivity contribution in [1.29, 1.82) is 0 Å². The Bertz CT molecular complexity index is 1030. The summed E-state index contributed by atoms with van der Waals surface area (Å²) in [6.45, 7) is 1.84. The summed E-state index contributed by atoms with van der Waals surface area (Å²) in [5.41, 5.74) is 2.58. The lowest BCUT2D eigenvalue weighted by molar-refractivity contribution is -0.116. The van der Waals surface area contributed by atoms with Gasteiger partial charge in [-0.05, 0) is 60.0 Å². The van der Waals surface area contributed by atoms with Crippen LogP contribution in [0.3, 0.4) is 0 Å². The highest BCUT2D eigenvalue weighted by Crippen LogP contribution is 2.37. The van der Waals surface area contributed by atoms with Crippen molar-refractivity contribution < 1.29 is 19.1 Å². The fourth-order valence-corrected chi connectivity index (χ4v) is 3.60. The van der Waals surface area contributed by atoms with E-state index in [0.29, 0.717) is 41.4 Å². The Morgan fingerprint density at radius 3 is 2.60 bits per heavy atom. The lowest BCUT2D eigenvalue weighted by atomic mass is 10.1. The summed E-state index contributed by atoms with van der Waals surface area (Å²) in [6, 6.07) is 10.5. The van der Waals surface area contributed by atoms with Crippen molar-refractivity contribution in [3.05, 3.63) is 64.0 Å². The molecule has 0 aliphatic carbocycles. The molecule has 2 aromatic heterocycles. The number of pyridine rings is 1. The minimum Gasteiger partial charge on any atom is -0.493 e. The van der Waals surface area contributed by atoms with E-state index in [-0.39, 0.29) is 11.8 Å². The van der Waals surface area contributed by atoms with E-state index in [1.54, 1.807) is 29.5 Å². The topological polar surface area (TPSA) is 89.5 Å². The summed E-state index contributed by atoms with van der Waals surface area (Å²) in [6.07, 6.45) is 0.944.